The van der Waals surface area contributed by atoms with Gasteiger partial charge in [0.1, 0.15) is 0 Å². The zero-order valence-corrected chi connectivity index (χ0v) is 12.7. The minimum Gasteiger partial charge on any atom is -0.550 e. The predicted octanol–water partition coefficient (Wildman–Crippen LogP) is 0.0177. The molecule has 2 amide bonds. The van der Waals surface area contributed by atoms with Crippen LogP contribution in [-0.2, 0) is 14.3 Å². The molecule has 0 aromatic heterocycles. The molecule has 0 atom stereocenters. The second kappa shape index (κ2) is 8.28. The topological polar surface area (TPSA) is 98.8 Å². The first-order chi connectivity index (χ1) is 11.1. The lowest BCUT2D eigenvalue weighted by molar-refractivity contribution is -0.305. The van der Waals surface area contributed by atoms with E-state index >= 15 is 0 Å². The number of nitrogens with one attached hydrogen (secondary N) is 1. The quantitative estimate of drug-likeness (QED) is 0.797. The molecule has 1 N–H and O–H groups in total. The number of carbonyl (C=O) groups is 3. The number of anilines is 1. The minimum atomic E-state index is -1.18. The molecule has 7 heteroatoms. The second-order valence-corrected chi connectivity index (χ2v) is 5.22. The zero-order chi connectivity index (χ0) is 16.7. The monoisotopic (exact) mass is 319 g/mol. The van der Waals surface area contributed by atoms with E-state index in [1.807, 2.05) is 0 Å². The van der Waals surface area contributed by atoms with Gasteiger partial charge in [0.05, 0.1) is 24.5 Å². The molecule has 2 rings (SSSR count). The van der Waals surface area contributed by atoms with Crippen LogP contribution in [-0.4, -0.2) is 49.0 Å². The number of nitrogens with zero attached hydrogens (tertiary/aromatic N) is 1. The Morgan fingerprint density at radius 3 is 2.52 bits per heavy atom. The van der Waals surface area contributed by atoms with Crippen molar-refractivity contribution in [1.82, 2.24) is 4.90 Å². The van der Waals surface area contributed by atoms with E-state index in [2.05, 4.69) is 5.32 Å². The van der Waals surface area contributed by atoms with E-state index in [1.54, 1.807) is 29.2 Å². The van der Waals surface area contributed by atoms with Crippen molar-refractivity contribution in [2.24, 2.45) is 0 Å². The highest BCUT2D eigenvalue weighted by Gasteiger charge is 2.21. The standard InChI is InChI=1S/C16H20N2O5/c19-14(6-3-7-15(20)21)17-13-5-2-1-4-12(13)16(22)18-8-10-23-11-9-18/h1-2,4-5H,3,6-11H2,(H,17,19)(H,20,21)/p-1. The summed E-state index contributed by atoms with van der Waals surface area (Å²) in [5, 5.41) is 13.0. The third-order valence-electron chi connectivity index (χ3n) is 3.51. The fraction of sp³-hybridized carbons (Fsp3) is 0.438. The van der Waals surface area contributed by atoms with Crippen LogP contribution in [0.15, 0.2) is 24.3 Å². The molecule has 0 spiro atoms. The highest BCUT2D eigenvalue weighted by atomic mass is 16.5. The number of benzene rings is 1. The van der Waals surface area contributed by atoms with E-state index in [0.717, 1.165) is 0 Å². The van der Waals surface area contributed by atoms with Crippen LogP contribution in [0, 0.1) is 0 Å². The van der Waals surface area contributed by atoms with E-state index in [9.17, 15) is 19.5 Å². The molecule has 0 saturated carbocycles. The largest absolute Gasteiger partial charge is 0.550 e. The van der Waals surface area contributed by atoms with Crippen LogP contribution in [0.4, 0.5) is 5.69 Å². The van der Waals surface area contributed by atoms with Gasteiger partial charge in [-0.3, -0.25) is 9.59 Å². The lowest BCUT2D eigenvalue weighted by atomic mass is 10.1. The van der Waals surface area contributed by atoms with Gasteiger partial charge in [-0.2, -0.15) is 0 Å². The summed E-state index contributed by atoms with van der Waals surface area (Å²) in [5.74, 6) is -1.66. The number of ether oxygens (including phenoxy) is 1. The van der Waals surface area contributed by atoms with Crippen molar-refractivity contribution >= 4 is 23.5 Å². The number of para-hydroxylation sites is 1. The third-order valence-corrected chi connectivity index (χ3v) is 3.51. The van der Waals surface area contributed by atoms with Gasteiger partial charge in [0, 0.05) is 25.5 Å². The van der Waals surface area contributed by atoms with Gasteiger partial charge in [0.15, 0.2) is 0 Å². The molecule has 1 aliphatic rings. The van der Waals surface area contributed by atoms with Crippen LogP contribution in [0.2, 0.25) is 0 Å². The Bertz CT molecular complexity index is 582. The Kier molecular flexibility index (Phi) is 6.10. The predicted molar refractivity (Wildman–Crippen MR) is 80.7 cm³/mol. The molecule has 0 unspecified atom stereocenters. The molecule has 1 aromatic carbocycles. The van der Waals surface area contributed by atoms with Crippen LogP contribution >= 0.6 is 0 Å². The van der Waals surface area contributed by atoms with Crippen molar-refractivity contribution in [2.45, 2.75) is 19.3 Å². The average Bonchev–Trinajstić information content (AvgIpc) is 2.55. The summed E-state index contributed by atoms with van der Waals surface area (Å²) in [5.41, 5.74) is 0.852. The van der Waals surface area contributed by atoms with Gasteiger partial charge in [0.25, 0.3) is 5.91 Å². The Morgan fingerprint density at radius 2 is 1.83 bits per heavy atom. The molecule has 23 heavy (non-hydrogen) atoms. The first-order valence-corrected chi connectivity index (χ1v) is 7.53. The highest BCUT2D eigenvalue weighted by molar-refractivity contribution is 6.03. The van der Waals surface area contributed by atoms with E-state index < -0.39 is 5.97 Å². The number of amides is 2. The number of aliphatic carboxylic acids is 1. The van der Waals surface area contributed by atoms with Crippen molar-refractivity contribution in [1.29, 1.82) is 0 Å². The summed E-state index contributed by atoms with van der Waals surface area (Å²) in [7, 11) is 0. The molecule has 1 heterocycles. The molecule has 124 valence electrons. The molecule has 7 nitrogen and oxygen atoms in total. The molecule has 1 saturated heterocycles. The van der Waals surface area contributed by atoms with E-state index in [1.165, 1.54) is 0 Å². The number of hydrogen-bond acceptors (Lipinski definition) is 5. The molecule has 1 aliphatic heterocycles. The number of rotatable bonds is 6. The lowest BCUT2D eigenvalue weighted by Crippen LogP contribution is -2.41. The van der Waals surface area contributed by atoms with Crippen LogP contribution in [0.1, 0.15) is 29.6 Å². The zero-order valence-electron chi connectivity index (χ0n) is 12.7. The van der Waals surface area contributed by atoms with Gasteiger partial charge in [-0.1, -0.05) is 12.1 Å². The minimum absolute atomic E-state index is 0.0636. The second-order valence-electron chi connectivity index (χ2n) is 5.22. The van der Waals surface area contributed by atoms with Crippen molar-refractivity contribution < 1.29 is 24.2 Å². The lowest BCUT2D eigenvalue weighted by Gasteiger charge is -2.27. The van der Waals surface area contributed by atoms with Gasteiger partial charge in [-0.25, -0.2) is 0 Å². The van der Waals surface area contributed by atoms with Crippen molar-refractivity contribution in [3.8, 4) is 0 Å². The van der Waals surface area contributed by atoms with E-state index in [-0.39, 0.29) is 31.1 Å². The van der Waals surface area contributed by atoms with Crippen LogP contribution in [0.3, 0.4) is 0 Å². The summed E-state index contributed by atoms with van der Waals surface area (Å²) < 4.78 is 5.23. The summed E-state index contributed by atoms with van der Waals surface area (Å²) in [6, 6.07) is 6.78. The summed E-state index contributed by atoms with van der Waals surface area (Å²) in [6.45, 7) is 2.05. The van der Waals surface area contributed by atoms with Crippen LogP contribution in [0.25, 0.3) is 0 Å². The van der Waals surface area contributed by atoms with E-state index in [4.69, 9.17) is 4.74 Å². The first-order valence-electron chi connectivity index (χ1n) is 7.53. The number of carbonyl (C=O) groups excluding carboxylic acids is 3. The average molecular weight is 319 g/mol. The molecule has 0 aliphatic carbocycles. The molecule has 0 bridgehead atoms. The van der Waals surface area contributed by atoms with Crippen molar-refractivity contribution in [3.63, 3.8) is 0 Å². The maximum absolute atomic E-state index is 12.5. The number of carboxylic acid groups (broad SMARTS) is 1. The normalized spacial score (nSPS) is 14.3. The summed E-state index contributed by atoms with van der Waals surface area (Å²) >= 11 is 0. The summed E-state index contributed by atoms with van der Waals surface area (Å²) in [6.07, 6.45) is 0.101. The first kappa shape index (κ1) is 17.0. The van der Waals surface area contributed by atoms with Gasteiger partial charge in [-0.15, -0.1) is 0 Å². The van der Waals surface area contributed by atoms with Crippen LogP contribution in [0.5, 0.6) is 0 Å². The van der Waals surface area contributed by atoms with Crippen molar-refractivity contribution in [2.75, 3.05) is 31.6 Å². The van der Waals surface area contributed by atoms with Gasteiger partial charge >= 0.3 is 0 Å². The Balaban J connectivity index is 2.00. The molecular formula is C16H19N2O5-. The fourth-order valence-electron chi connectivity index (χ4n) is 2.32. The fourth-order valence-corrected chi connectivity index (χ4v) is 2.32. The number of morpholine rings is 1. The number of carboxylic acids is 1. The Labute approximate surface area is 134 Å². The molecule has 1 fully saturated rings. The van der Waals surface area contributed by atoms with Crippen LogP contribution < -0.4 is 10.4 Å². The smallest absolute Gasteiger partial charge is 0.256 e. The highest BCUT2D eigenvalue weighted by Crippen LogP contribution is 2.18. The Morgan fingerprint density at radius 1 is 1.13 bits per heavy atom. The third kappa shape index (κ3) is 5.07. The van der Waals surface area contributed by atoms with Crippen molar-refractivity contribution in [3.05, 3.63) is 29.8 Å². The number of hydrogen-bond donors (Lipinski definition) is 1. The SMILES string of the molecule is O=C([O-])CCCC(=O)Nc1ccccc1C(=O)N1CCOCC1. The molecule has 1 aromatic rings. The summed E-state index contributed by atoms with van der Waals surface area (Å²) in [4.78, 5) is 36.5. The maximum atomic E-state index is 12.5. The van der Waals surface area contributed by atoms with Gasteiger partial charge < -0.3 is 24.9 Å². The molecule has 0 radical (unpaired) electrons. The maximum Gasteiger partial charge on any atom is 0.256 e. The van der Waals surface area contributed by atoms with Gasteiger partial charge in [-0.05, 0) is 25.0 Å². The Hall–Kier alpha value is -2.41. The molecular weight excluding hydrogens is 300 g/mol. The van der Waals surface area contributed by atoms with Gasteiger partial charge in [0.2, 0.25) is 5.91 Å². The van der Waals surface area contributed by atoms with E-state index in [0.29, 0.717) is 37.6 Å².